The highest BCUT2D eigenvalue weighted by Crippen LogP contribution is 2.38. The fourth-order valence-electron chi connectivity index (χ4n) is 9.10. The number of hydrogen-bond donors (Lipinski definition) is 5. The van der Waals surface area contributed by atoms with Gasteiger partial charge < -0.3 is 50.3 Å². The van der Waals surface area contributed by atoms with E-state index in [9.17, 15) is 9.59 Å². The summed E-state index contributed by atoms with van der Waals surface area (Å²) in [5.74, 6) is 0.302. The molecule has 6 N–H and O–H groups in total. The number of hydrogen-bond acceptors (Lipinski definition) is 13. The van der Waals surface area contributed by atoms with Crippen LogP contribution in [-0.2, 0) is 4.74 Å². The van der Waals surface area contributed by atoms with Crippen LogP contribution in [0.4, 0.5) is 27.1 Å². The zero-order valence-corrected chi connectivity index (χ0v) is 35.1. The van der Waals surface area contributed by atoms with Crippen LogP contribution in [0.3, 0.4) is 0 Å². The summed E-state index contributed by atoms with van der Waals surface area (Å²) in [5, 5.41) is 9.12. The molecule has 18 heteroatoms. The van der Waals surface area contributed by atoms with Crippen molar-refractivity contribution in [1.82, 2.24) is 34.6 Å². The van der Waals surface area contributed by atoms with Crippen LogP contribution in [0, 0.1) is 5.82 Å². The molecule has 6 aromatic heterocycles. The van der Waals surface area contributed by atoms with Gasteiger partial charge in [0.15, 0.2) is 0 Å². The molecular weight excluding hydrogens is 818 g/mol. The molecule has 1 aliphatic carbocycles. The number of benzene rings is 2. The predicted octanol–water partition coefficient (Wildman–Crippen LogP) is 6.21. The van der Waals surface area contributed by atoms with Crippen molar-refractivity contribution in [2.75, 3.05) is 80.4 Å². The predicted molar refractivity (Wildman–Crippen MR) is 242 cm³/mol. The number of nitrogen functional groups attached to an aromatic ring is 1. The molecule has 2 aromatic carbocycles. The number of nitrogens with one attached hydrogen (secondary N) is 4. The van der Waals surface area contributed by atoms with Gasteiger partial charge in [0.1, 0.15) is 44.4 Å². The van der Waals surface area contributed by atoms with E-state index in [1.165, 1.54) is 33.5 Å². The van der Waals surface area contributed by atoms with Crippen molar-refractivity contribution in [3.8, 4) is 22.8 Å². The Labute approximate surface area is 355 Å². The number of H-pyrrole nitrogens is 3. The molecule has 314 valence electrons. The van der Waals surface area contributed by atoms with Crippen LogP contribution in [0.25, 0.3) is 65.3 Å². The van der Waals surface area contributed by atoms with E-state index in [1.807, 2.05) is 33.9 Å². The lowest BCUT2D eigenvalue weighted by molar-refractivity contribution is 0.00991. The summed E-state index contributed by atoms with van der Waals surface area (Å²) in [6.07, 6.45) is 2.76. The molecule has 3 aliphatic rings. The molecule has 0 bridgehead atoms. The minimum atomic E-state index is -0.472. The standard InChI is InChI=1S/C43H44FN11O4S2/c1-52-10-12-53(13-11-52)23-6-7-27-29(20-23)48-39(47-27)35-37(25-9-18-60-41(25)51-40(35)56)46-28-4-2-3-5-33(28)59-55-42(57)34(36(45)24-8-19-61-43(24)55)38-49-30-21-26(44)32(22-31(30)50-38)54-14-16-58-17-15-54/h6-9,18-22,28,33H,2-5,10-17,45H2,1H3,(H,47,48)(H,49,50)(H2,46,51,56)/t28-,33+/m0/s1. The molecule has 2 saturated heterocycles. The summed E-state index contributed by atoms with van der Waals surface area (Å²) in [6, 6.07) is 12.9. The van der Waals surface area contributed by atoms with Crippen LogP contribution < -0.4 is 36.8 Å². The van der Waals surface area contributed by atoms with Gasteiger partial charge in [-0.3, -0.25) is 9.59 Å². The van der Waals surface area contributed by atoms with Gasteiger partial charge in [-0.2, -0.15) is 0 Å². The van der Waals surface area contributed by atoms with E-state index in [1.54, 1.807) is 6.07 Å². The number of nitrogens with zero attached hydrogens (tertiary/aromatic N) is 6. The second kappa shape index (κ2) is 15.2. The summed E-state index contributed by atoms with van der Waals surface area (Å²) in [5.41, 5.74) is 11.7. The Bertz CT molecular complexity index is 3080. The monoisotopic (exact) mass is 861 g/mol. The van der Waals surface area contributed by atoms with Gasteiger partial charge in [0.25, 0.3) is 11.1 Å². The molecular formula is C43H44FN11O4S2. The van der Waals surface area contributed by atoms with Gasteiger partial charge in [-0.25, -0.2) is 14.4 Å². The van der Waals surface area contributed by atoms with Crippen LogP contribution in [-0.4, -0.2) is 106 Å². The third-order valence-electron chi connectivity index (χ3n) is 12.4. The molecule has 11 rings (SSSR count). The van der Waals surface area contributed by atoms with Crippen LogP contribution >= 0.6 is 22.7 Å². The molecule has 15 nitrogen and oxygen atoms in total. The summed E-state index contributed by atoms with van der Waals surface area (Å²) in [6.45, 7) is 6.05. The Hall–Kier alpha value is -5.95. The molecule has 0 amide bonds. The zero-order chi connectivity index (χ0) is 41.4. The number of morpholine rings is 1. The first kappa shape index (κ1) is 38.0. The quantitative estimate of drug-likeness (QED) is 0.117. The lowest BCUT2D eigenvalue weighted by Crippen LogP contribution is -2.46. The number of nitrogens with two attached hydrogens (primary N) is 1. The number of likely N-dealkylation sites (N-methyl/N-ethyl adjacent to an activating group) is 1. The average Bonchev–Trinajstić information content (AvgIpc) is 4.10. The highest BCUT2D eigenvalue weighted by Gasteiger charge is 2.32. The number of imidazole rings is 2. The minimum absolute atomic E-state index is 0.147. The van der Waals surface area contributed by atoms with Gasteiger partial charge >= 0.3 is 0 Å². The molecule has 3 fully saturated rings. The molecule has 61 heavy (non-hydrogen) atoms. The fourth-order valence-corrected chi connectivity index (χ4v) is 10.7. The Kier molecular flexibility index (Phi) is 9.47. The third kappa shape index (κ3) is 6.68. The van der Waals surface area contributed by atoms with Crippen molar-refractivity contribution in [3.63, 3.8) is 0 Å². The van der Waals surface area contributed by atoms with Crippen molar-refractivity contribution in [2.24, 2.45) is 0 Å². The topological polar surface area (TPSA) is 178 Å². The van der Waals surface area contributed by atoms with Crippen LogP contribution in [0.2, 0.25) is 0 Å². The Balaban J connectivity index is 0.947. The zero-order valence-electron chi connectivity index (χ0n) is 33.4. The molecule has 0 spiro atoms. The van der Waals surface area contributed by atoms with Crippen molar-refractivity contribution >= 4 is 87.9 Å². The van der Waals surface area contributed by atoms with Gasteiger partial charge in [-0.15, -0.1) is 27.4 Å². The van der Waals surface area contributed by atoms with E-state index in [-0.39, 0.29) is 28.7 Å². The van der Waals surface area contributed by atoms with Crippen molar-refractivity contribution in [3.05, 3.63) is 79.7 Å². The summed E-state index contributed by atoms with van der Waals surface area (Å²) < 4.78 is 22.2. The highest BCUT2D eigenvalue weighted by atomic mass is 32.1. The van der Waals surface area contributed by atoms with Crippen molar-refractivity contribution in [2.45, 2.75) is 37.8 Å². The molecule has 0 radical (unpaired) electrons. The Morgan fingerprint density at radius 3 is 2.41 bits per heavy atom. The Morgan fingerprint density at radius 1 is 0.836 bits per heavy atom. The fraction of sp³-hybridized carbons (Fsp3) is 0.349. The molecule has 2 aliphatic heterocycles. The van der Waals surface area contributed by atoms with Gasteiger partial charge in [0, 0.05) is 61.8 Å². The van der Waals surface area contributed by atoms with Gasteiger partial charge in [0.05, 0.1) is 58.4 Å². The van der Waals surface area contributed by atoms with E-state index in [2.05, 4.69) is 54.2 Å². The largest absolute Gasteiger partial charge is 0.404 e. The van der Waals surface area contributed by atoms with Gasteiger partial charge in [-0.05, 0) is 73.5 Å². The molecule has 1 saturated carbocycles. The first-order chi connectivity index (χ1) is 29.8. The Morgan fingerprint density at radius 2 is 1.57 bits per heavy atom. The maximum absolute atomic E-state index is 15.4. The van der Waals surface area contributed by atoms with E-state index in [0.717, 1.165) is 72.4 Å². The lowest BCUT2D eigenvalue weighted by atomic mass is 9.92. The van der Waals surface area contributed by atoms with Gasteiger partial charge in [0.2, 0.25) is 0 Å². The maximum atomic E-state index is 15.4. The number of fused-ring (bicyclic) bond motifs is 4. The number of halogens is 1. The minimum Gasteiger partial charge on any atom is -0.404 e. The van der Waals surface area contributed by atoms with Crippen molar-refractivity contribution < 1.29 is 14.0 Å². The molecule has 8 aromatic rings. The maximum Gasteiger partial charge on any atom is 0.297 e. The second-order valence-electron chi connectivity index (χ2n) is 16.2. The SMILES string of the molecule is CN1CCN(c2ccc3nc(-c4c(N[C@H]5CCCC[C@H]5On5c(=O)c(-c6nc7cc(F)c(N8CCOCC8)cc7[nH]6)c(N)c6ccsc65)c5ccsc5[nH]c4=O)[nH]c3c2)CC1. The highest BCUT2D eigenvalue weighted by molar-refractivity contribution is 7.17. The molecule has 2 atom stereocenters. The van der Waals surface area contributed by atoms with Crippen LogP contribution in [0.15, 0.2) is 62.8 Å². The van der Waals surface area contributed by atoms with E-state index < -0.39 is 17.5 Å². The van der Waals surface area contributed by atoms with Crippen LogP contribution in [0.1, 0.15) is 25.7 Å². The number of aromatic amines is 3. The third-order valence-corrected chi connectivity index (χ3v) is 14.1. The summed E-state index contributed by atoms with van der Waals surface area (Å²) >= 11 is 2.83. The molecule has 8 heterocycles. The number of piperazine rings is 1. The van der Waals surface area contributed by atoms with E-state index in [4.69, 9.17) is 20.3 Å². The normalized spacial score (nSPS) is 19.2. The summed E-state index contributed by atoms with van der Waals surface area (Å²) in [7, 11) is 2.14. The first-order valence-corrected chi connectivity index (χ1v) is 22.5. The second-order valence-corrected chi connectivity index (χ2v) is 18.0. The van der Waals surface area contributed by atoms with Crippen molar-refractivity contribution in [1.29, 1.82) is 0 Å². The first-order valence-electron chi connectivity index (χ1n) is 20.7. The summed E-state index contributed by atoms with van der Waals surface area (Å²) in [4.78, 5) is 63.0. The number of aromatic nitrogens is 6. The number of rotatable bonds is 8. The number of pyridine rings is 2. The van der Waals surface area contributed by atoms with E-state index in [0.29, 0.717) is 76.7 Å². The van der Waals surface area contributed by atoms with Crippen LogP contribution in [0.5, 0.6) is 0 Å². The van der Waals surface area contributed by atoms with Gasteiger partial charge in [-0.1, -0.05) is 6.42 Å². The number of ether oxygens (including phenoxy) is 1. The van der Waals surface area contributed by atoms with E-state index >= 15 is 4.39 Å². The average molecular weight is 862 g/mol. The number of thiophene rings is 2. The lowest BCUT2D eigenvalue weighted by Gasteiger charge is -2.34. The smallest absolute Gasteiger partial charge is 0.297 e. The number of anilines is 4. The molecule has 0 unspecified atom stereocenters.